The van der Waals surface area contributed by atoms with Gasteiger partial charge in [0.15, 0.2) is 25.2 Å². The number of aliphatic hydroxyl groups is 16. The first kappa shape index (κ1) is 52.6. The van der Waals surface area contributed by atoms with Gasteiger partial charge in [0.1, 0.15) is 116 Å². The van der Waals surface area contributed by atoms with Crippen LogP contribution in [0.5, 0.6) is 0 Å². The molecule has 0 aromatic carbocycles. The molecular formula is C34H60N2O26. The van der Waals surface area contributed by atoms with E-state index in [0.717, 1.165) is 13.8 Å². The molecule has 4 saturated heterocycles. The molecular weight excluding hydrogens is 852 g/mol. The molecule has 362 valence electrons. The molecule has 0 unspecified atom stereocenters. The van der Waals surface area contributed by atoms with Crippen LogP contribution in [0, 0.1) is 0 Å². The monoisotopic (exact) mass is 912 g/mol. The first-order valence-corrected chi connectivity index (χ1v) is 19.5. The Morgan fingerprint density at radius 3 is 1.45 bits per heavy atom. The van der Waals surface area contributed by atoms with Crippen molar-refractivity contribution in [1.29, 1.82) is 0 Å². The number of ether oxygens (including phenoxy) is 8. The summed E-state index contributed by atoms with van der Waals surface area (Å²) >= 11 is 0. The molecule has 0 saturated carbocycles. The van der Waals surface area contributed by atoms with Gasteiger partial charge in [-0.1, -0.05) is 0 Å². The Labute approximate surface area is 352 Å². The molecule has 0 aromatic heterocycles. The van der Waals surface area contributed by atoms with Crippen molar-refractivity contribution in [2.24, 2.45) is 0 Å². The van der Waals surface area contributed by atoms with E-state index in [0.29, 0.717) is 0 Å². The fraction of sp³-hybridized carbons (Fsp3) is 0.941. The van der Waals surface area contributed by atoms with Crippen molar-refractivity contribution in [3.63, 3.8) is 0 Å². The summed E-state index contributed by atoms with van der Waals surface area (Å²) in [6, 6.07) is -3.28. The molecule has 4 aliphatic heterocycles. The molecule has 2 amide bonds. The lowest BCUT2D eigenvalue weighted by Gasteiger charge is -2.50. The third-order valence-electron chi connectivity index (χ3n) is 10.8. The number of carbonyl (C=O) groups is 2. The van der Waals surface area contributed by atoms with E-state index in [1.54, 1.807) is 0 Å². The van der Waals surface area contributed by atoms with Gasteiger partial charge < -0.3 is 130 Å². The lowest BCUT2D eigenvalue weighted by molar-refractivity contribution is -0.383. The van der Waals surface area contributed by atoms with Crippen molar-refractivity contribution >= 4 is 11.8 Å². The number of aliphatic hydroxyl groups excluding tert-OH is 16. The van der Waals surface area contributed by atoms with Gasteiger partial charge in [0, 0.05) is 13.8 Å². The Balaban J connectivity index is 1.59. The van der Waals surface area contributed by atoms with E-state index in [1.165, 1.54) is 0 Å². The fourth-order valence-corrected chi connectivity index (χ4v) is 7.42. The molecule has 4 heterocycles. The zero-order valence-corrected chi connectivity index (χ0v) is 33.3. The first-order chi connectivity index (χ1) is 29.3. The highest BCUT2D eigenvalue weighted by atomic mass is 16.8. The number of nitrogens with one attached hydrogen (secondary N) is 2. The largest absolute Gasteiger partial charge is 0.394 e. The van der Waals surface area contributed by atoms with E-state index in [4.69, 9.17) is 37.9 Å². The second-order valence-corrected chi connectivity index (χ2v) is 15.2. The average molecular weight is 913 g/mol. The van der Waals surface area contributed by atoms with Crippen molar-refractivity contribution in [3.05, 3.63) is 0 Å². The normalized spacial score (nSPS) is 43.6. The molecule has 28 heteroatoms. The van der Waals surface area contributed by atoms with Crippen LogP contribution >= 0.6 is 0 Å². The fourth-order valence-electron chi connectivity index (χ4n) is 7.42. The number of amides is 2. The summed E-state index contributed by atoms with van der Waals surface area (Å²) in [7, 11) is 0. The minimum absolute atomic E-state index is 0.743. The van der Waals surface area contributed by atoms with E-state index in [2.05, 4.69) is 10.6 Å². The predicted octanol–water partition coefficient (Wildman–Crippen LogP) is -12.0. The third-order valence-corrected chi connectivity index (χ3v) is 10.8. The van der Waals surface area contributed by atoms with Gasteiger partial charge in [0.25, 0.3) is 0 Å². The van der Waals surface area contributed by atoms with E-state index >= 15 is 0 Å². The second kappa shape index (κ2) is 23.4. The van der Waals surface area contributed by atoms with Crippen molar-refractivity contribution in [2.45, 2.75) is 161 Å². The number of hydrogen-bond acceptors (Lipinski definition) is 26. The maximum Gasteiger partial charge on any atom is 0.217 e. The summed E-state index contributed by atoms with van der Waals surface area (Å²) in [4.78, 5) is 24.3. The lowest BCUT2D eigenvalue weighted by atomic mass is 9.94. The molecule has 0 aliphatic carbocycles. The third kappa shape index (κ3) is 11.9. The number of hydrogen-bond donors (Lipinski definition) is 18. The standard InChI is InChI=1S/C34H60N2O26/c1-9(43)35-11(3-37)27(18(46)12(45)4-38)59-33-25(53)29(20(48)14(6-40)56-33)61-31-17(36-10(2)44)22(50)28(16(8-42)58-31)60-34-26(54)30(21(49)15(7-41)57-34)62-32-24(52)23(51)19(47)13(5-39)55-32/h11-34,37-42,45-54H,3-8H2,1-2H3,(H,35,43)(H,36,44)/t11-,12+,13+,14+,15+,16+,17+,18-,19-,20-,21-,22+,23-,24+,25+,26+,27+,28+,29-,30-,31-,32-,33-,34-/m0/s1. The van der Waals surface area contributed by atoms with Gasteiger partial charge in [0.05, 0.1) is 45.7 Å². The summed E-state index contributed by atoms with van der Waals surface area (Å²) in [5.74, 6) is -1.58. The minimum Gasteiger partial charge on any atom is -0.394 e. The predicted molar refractivity (Wildman–Crippen MR) is 192 cm³/mol. The van der Waals surface area contributed by atoms with Gasteiger partial charge in [-0.05, 0) is 0 Å². The molecule has 0 radical (unpaired) electrons. The quantitative estimate of drug-likeness (QED) is 0.0572. The van der Waals surface area contributed by atoms with Gasteiger partial charge in [-0.3, -0.25) is 9.59 Å². The summed E-state index contributed by atoms with van der Waals surface area (Å²) in [5.41, 5.74) is 0. The zero-order chi connectivity index (χ0) is 46.3. The zero-order valence-electron chi connectivity index (χ0n) is 33.3. The summed E-state index contributed by atoms with van der Waals surface area (Å²) in [6.07, 6.45) is -41.8. The molecule has 4 rings (SSSR count). The van der Waals surface area contributed by atoms with E-state index < -0.39 is 199 Å². The molecule has 62 heavy (non-hydrogen) atoms. The number of carbonyl (C=O) groups excluding carboxylic acids is 2. The van der Waals surface area contributed by atoms with Crippen LogP contribution in [0.4, 0.5) is 0 Å². The summed E-state index contributed by atoms with van der Waals surface area (Å²) in [5, 5.41) is 172. The van der Waals surface area contributed by atoms with Gasteiger partial charge in [0.2, 0.25) is 11.8 Å². The van der Waals surface area contributed by atoms with Crippen LogP contribution in [0.1, 0.15) is 13.8 Å². The molecule has 28 nitrogen and oxygen atoms in total. The van der Waals surface area contributed by atoms with Gasteiger partial charge >= 0.3 is 0 Å². The minimum atomic E-state index is -2.17. The van der Waals surface area contributed by atoms with Crippen molar-refractivity contribution in [2.75, 3.05) is 39.6 Å². The SMILES string of the molecule is CC(=O)N[C@H]1[C@H](O[C@H]2[C@@H](O)[C@@H](CO)O[C@@H](O[C@@H]([C@@H](O)[C@H](O)CO)[C@H](CO)NC(C)=O)[C@@H]2O)O[C@H](CO)[C@@H](O[C@@H]2O[C@H](CO)[C@H](O)[C@H](O[C@@H]3O[C@H](CO)[C@H](O)[C@H](O)[C@H]3O)[C@H]2O)[C@@H]1O. The van der Waals surface area contributed by atoms with Crippen LogP contribution in [0.3, 0.4) is 0 Å². The summed E-state index contributed by atoms with van der Waals surface area (Å²) < 4.78 is 45.1. The second-order valence-electron chi connectivity index (χ2n) is 15.2. The maximum atomic E-state index is 12.4. The highest BCUT2D eigenvalue weighted by molar-refractivity contribution is 5.73. The van der Waals surface area contributed by atoms with Crippen LogP contribution < -0.4 is 10.6 Å². The highest BCUT2D eigenvalue weighted by Crippen LogP contribution is 2.35. The molecule has 0 bridgehead atoms. The highest BCUT2D eigenvalue weighted by Gasteiger charge is 2.56. The van der Waals surface area contributed by atoms with Crippen molar-refractivity contribution in [1.82, 2.24) is 10.6 Å². The van der Waals surface area contributed by atoms with E-state index in [-0.39, 0.29) is 0 Å². The van der Waals surface area contributed by atoms with Crippen LogP contribution in [0.2, 0.25) is 0 Å². The van der Waals surface area contributed by atoms with Crippen LogP contribution in [-0.2, 0) is 47.5 Å². The van der Waals surface area contributed by atoms with Gasteiger partial charge in [-0.25, -0.2) is 0 Å². The van der Waals surface area contributed by atoms with Crippen LogP contribution in [0.25, 0.3) is 0 Å². The Morgan fingerprint density at radius 1 is 0.516 bits per heavy atom. The van der Waals surface area contributed by atoms with Gasteiger partial charge in [-0.15, -0.1) is 0 Å². The number of rotatable bonds is 19. The van der Waals surface area contributed by atoms with Crippen molar-refractivity contribution < 1.29 is 129 Å². The molecule has 4 aliphatic rings. The first-order valence-electron chi connectivity index (χ1n) is 19.5. The van der Waals surface area contributed by atoms with Crippen LogP contribution in [-0.4, -0.2) is 280 Å². The molecule has 18 N–H and O–H groups in total. The molecule has 4 fully saturated rings. The van der Waals surface area contributed by atoms with E-state index in [9.17, 15) is 91.3 Å². The average Bonchev–Trinajstić information content (AvgIpc) is 3.24. The Bertz CT molecular complexity index is 1390. The van der Waals surface area contributed by atoms with E-state index in [1.807, 2.05) is 0 Å². The van der Waals surface area contributed by atoms with Gasteiger partial charge in [-0.2, -0.15) is 0 Å². The Hall–Kier alpha value is -2.02. The Kier molecular flexibility index (Phi) is 19.9. The molecule has 0 spiro atoms. The van der Waals surface area contributed by atoms with Crippen LogP contribution in [0.15, 0.2) is 0 Å². The maximum absolute atomic E-state index is 12.4. The lowest BCUT2D eigenvalue weighted by Crippen LogP contribution is -2.70. The molecule has 0 aromatic rings. The molecule has 24 atom stereocenters. The van der Waals surface area contributed by atoms with Crippen molar-refractivity contribution in [3.8, 4) is 0 Å². The summed E-state index contributed by atoms with van der Waals surface area (Å²) in [6.45, 7) is -3.74. The Morgan fingerprint density at radius 2 is 0.968 bits per heavy atom. The smallest absolute Gasteiger partial charge is 0.217 e. The topological polar surface area (TPSA) is 456 Å².